The van der Waals surface area contributed by atoms with Crippen molar-refractivity contribution >= 4 is 17.8 Å². The number of thioether (sulfide) groups is 1. The van der Waals surface area contributed by atoms with E-state index in [0.717, 1.165) is 17.9 Å². The number of rotatable bonds is 5. The van der Waals surface area contributed by atoms with Gasteiger partial charge >= 0.3 is 6.03 Å². The Bertz CT molecular complexity index is 736. The van der Waals surface area contributed by atoms with Crippen LogP contribution < -0.4 is 0 Å². The summed E-state index contributed by atoms with van der Waals surface area (Å²) in [5, 5.41) is 0. The number of carbonyl (C=O) groups is 1. The van der Waals surface area contributed by atoms with Gasteiger partial charge in [-0.05, 0) is 17.5 Å². The molecule has 2 aliphatic heterocycles. The van der Waals surface area contributed by atoms with Crippen molar-refractivity contribution in [3.05, 3.63) is 71.8 Å². The Labute approximate surface area is 154 Å². The van der Waals surface area contributed by atoms with E-state index in [1.54, 1.807) is 0 Å². The lowest BCUT2D eigenvalue weighted by molar-refractivity contribution is 0.152. The first-order chi connectivity index (χ1) is 12.2. The second-order valence-corrected chi connectivity index (χ2v) is 7.99. The van der Waals surface area contributed by atoms with Crippen molar-refractivity contribution in [3.8, 4) is 0 Å². The van der Waals surface area contributed by atoms with Crippen LogP contribution in [0.1, 0.15) is 24.5 Å². The lowest BCUT2D eigenvalue weighted by Gasteiger charge is -2.36. The number of hydrogen-bond donors (Lipinski definition) is 0. The SMILES string of the molecule is CC[C@@]12CSC[C@@H]1N(Cc1ccccc1)C(=O)N2Cc1ccccc1. The van der Waals surface area contributed by atoms with E-state index in [2.05, 4.69) is 53.1 Å². The molecule has 2 heterocycles. The van der Waals surface area contributed by atoms with Crippen LogP contribution in [-0.2, 0) is 13.1 Å². The van der Waals surface area contributed by atoms with E-state index in [4.69, 9.17) is 0 Å². The number of nitrogens with zero attached hydrogens (tertiary/aromatic N) is 2. The fourth-order valence-electron chi connectivity index (χ4n) is 4.19. The summed E-state index contributed by atoms with van der Waals surface area (Å²) in [6.45, 7) is 3.64. The summed E-state index contributed by atoms with van der Waals surface area (Å²) in [5.41, 5.74) is 2.38. The standard InChI is InChI=1S/C21H24N2OS/c1-2-21-16-25-15-19(21)22(13-17-9-5-3-6-10-17)20(24)23(21)14-18-11-7-4-8-12-18/h3-12,19H,2,13-16H2,1H3/t19-,21+/m0/s1. The lowest BCUT2D eigenvalue weighted by Crippen LogP contribution is -2.50. The first kappa shape index (κ1) is 16.5. The van der Waals surface area contributed by atoms with Crippen LogP contribution in [0.15, 0.2) is 60.7 Å². The molecule has 3 nitrogen and oxygen atoms in total. The molecule has 25 heavy (non-hydrogen) atoms. The number of amides is 2. The Morgan fingerprint density at radius 3 is 2.20 bits per heavy atom. The third kappa shape index (κ3) is 2.82. The predicted molar refractivity (Wildman–Crippen MR) is 104 cm³/mol. The summed E-state index contributed by atoms with van der Waals surface area (Å²) in [6.07, 6.45) is 1.01. The highest BCUT2D eigenvalue weighted by Gasteiger charge is 2.58. The summed E-state index contributed by atoms with van der Waals surface area (Å²) in [5.74, 6) is 2.08. The van der Waals surface area contributed by atoms with Crippen LogP contribution in [0.2, 0.25) is 0 Å². The Balaban J connectivity index is 1.65. The molecule has 2 aliphatic rings. The van der Waals surface area contributed by atoms with E-state index in [1.807, 2.05) is 36.0 Å². The van der Waals surface area contributed by atoms with Crippen molar-refractivity contribution in [2.45, 2.75) is 38.0 Å². The maximum absolute atomic E-state index is 13.3. The van der Waals surface area contributed by atoms with Crippen LogP contribution in [0.3, 0.4) is 0 Å². The fourth-order valence-corrected chi connectivity index (χ4v) is 5.93. The molecule has 2 aromatic carbocycles. The quantitative estimate of drug-likeness (QED) is 0.745. The van der Waals surface area contributed by atoms with E-state index in [-0.39, 0.29) is 11.6 Å². The maximum atomic E-state index is 13.3. The molecule has 2 saturated heterocycles. The topological polar surface area (TPSA) is 23.6 Å². The van der Waals surface area contributed by atoms with E-state index < -0.39 is 0 Å². The number of urea groups is 1. The molecule has 4 rings (SSSR count). The van der Waals surface area contributed by atoms with Gasteiger partial charge in [-0.25, -0.2) is 4.79 Å². The number of hydrogen-bond acceptors (Lipinski definition) is 2. The second kappa shape index (κ2) is 6.75. The zero-order valence-corrected chi connectivity index (χ0v) is 15.4. The van der Waals surface area contributed by atoms with Gasteiger partial charge in [-0.15, -0.1) is 0 Å². The Morgan fingerprint density at radius 1 is 1.00 bits per heavy atom. The first-order valence-electron chi connectivity index (χ1n) is 8.98. The maximum Gasteiger partial charge on any atom is 0.321 e. The van der Waals surface area contributed by atoms with Crippen LogP contribution in [-0.4, -0.2) is 38.9 Å². The molecular weight excluding hydrogens is 328 g/mol. The van der Waals surface area contributed by atoms with Gasteiger partial charge in [-0.1, -0.05) is 67.6 Å². The Kier molecular flexibility index (Phi) is 4.46. The smallest absolute Gasteiger partial charge is 0.314 e. The van der Waals surface area contributed by atoms with Crippen molar-refractivity contribution < 1.29 is 4.79 Å². The summed E-state index contributed by atoms with van der Waals surface area (Å²) in [4.78, 5) is 17.6. The van der Waals surface area contributed by atoms with Gasteiger partial charge in [0.25, 0.3) is 0 Å². The molecule has 2 amide bonds. The Hall–Kier alpha value is -1.94. The molecule has 2 atom stereocenters. The molecule has 130 valence electrons. The van der Waals surface area contributed by atoms with Crippen LogP contribution in [0, 0.1) is 0 Å². The van der Waals surface area contributed by atoms with E-state index in [0.29, 0.717) is 19.1 Å². The van der Waals surface area contributed by atoms with Gasteiger partial charge < -0.3 is 9.80 Å². The van der Waals surface area contributed by atoms with Gasteiger partial charge in [0.1, 0.15) is 0 Å². The van der Waals surface area contributed by atoms with Crippen molar-refractivity contribution in [2.24, 2.45) is 0 Å². The summed E-state index contributed by atoms with van der Waals surface area (Å²) in [6, 6.07) is 21.2. The van der Waals surface area contributed by atoms with E-state index in [9.17, 15) is 4.79 Å². The number of carbonyl (C=O) groups excluding carboxylic acids is 1. The molecule has 2 fully saturated rings. The third-order valence-corrected chi connectivity index (χ3v) is 6.89. The molecule has 0 saturated carbocycles. The van der Waals surface area contributed by atoms with Crippen molar-refractivity contribution in [1.29, 1.82) is 0 Å². The van der Waals surface area contributed by atoms with Gasteiger partial charge in [-0.3, -0.25) is 0 Å². The molecule has 0 radical (unpaired) electrons. The minimum Gasteiger partial charge on any atom is -0.314 e. The van der Waals surface area contributed by atoms with Gasteiger partial charge in [0.15, 0.2) is 0 Å². The van der Waals surface area contributed by atoms with E-state index >= 15 is 0 Å². The predicted octanol–water partition coefficient (Wildman–Crippen LogP) is 4.39. The zero-order valence-electron chi connectivity index (χ0n) is 14.6. The monoisotopic (exact) mass is 352 g/mol. The molecule has 0 unspecified atom stereocenters. The zero-order chi connectivity index (χ0) is 17.3. The molecule has 0 spiro atoms. The van der Waals surface area contributed by atoms with Crippen LogP contribution in [0.25, 0.3) is 0 Å². The fraction of sp³-hybridized carbons (Fsp3) is 0.381. The highest BCUT2D eigenvalue weighted by molar-refractivity contribution is 7.99. The molecule has 0 aromatic heterocycles. The average Bonchev–Trinajstić information content (AvgIpc) is 3.17. The summed E-state index contributed by atoms with van der Waals surface area (Å²) >= 11 is 1.98. The molecular formula is C21H24N2OS. The van der Waals surface area contributed by atoms with Gasteiger partial charge in [0.2, 0.25) is 0 Å². The number of benzene rings is 2. The van der Waals surface area contributed by atoms with Crippen molar-refractivity contribution in [2.75, 3.05) is 11.5 Å². The van der Waals surface area contributed by atoms with Crippen LogP contribution in [0.4, 0.5) is 4.79 Å². The summed E-state index contributed by atoms with van der Waals surface area (Å²) in [7, 11) is 0. The molecule has 4 heteroatoms. The molecule has 0 N–H and O–H groups in total. The van der Waals surface area contributed by atoms with Crippen molar-refractivity contribution in [3.63, 3.8) is 0 Å². The highest BCUT2D eigenvalue weighted by atomic mass is 32.2. The lowest BCUT2D eigenvalue weighted by atomic mass is 9.89. The van der Waals surface area contributed by atoms with E-state index in [1.165, 1.54) is 11.1 Å². The number of fused-ring (bicyclic) bond motifs is 1. The minimum absolute atomic E-state index is 0.0353. The first-order valence-corrected chi connectivity index (χ1v) is 10.1. The average molecular weight is 353 g/mol. The largest absolute Gasteiger partial charge is 0.321 e. The van der Waals surface area contributed by atoms with Crippen LogP contribution >= 0.6 is 11.8 Å². The van der Waals surface area contributed by atoms with Crippen LogP contribution in [0.5, 0.6) is 0 Å². The second-order valence-electron chi connectivity index (χ2n) is 6.96. The van der Waals surface area contributed by atoms with Crippen molar-refractivity contribution in [1.82, 2.24) is 9.80 Å². The third-order valence-electron chi connectivity index (χ3n) is 5.63. The van der Waals surface area contributed by atoms with Gasteiger partial charge in [-0.2, -0.15) is 11.8 Å². The molecule has 2 aromatic rings. The highest BCUT2D eigenvalue weighted by Crippen LogP contribution is 2.46. The van der Waals surface area contributed by atoms with Gasteiger partial charge in [0.05, 0.1) is 11.6 Å². The summed E-state index contributed by atoms with van der Waals surface area (Å²) < 4.78 is 0. The normalized spacial score (nSPS) is 25.5. The minimum atomic E-state index is -0.0353. The Morgan fingerprint density at radius 2 is 1.60 bits per heavy atom. The van der Waals surface area contributed by atoms with Gasteiger partial charge in [0, 0.05) is 24.6 Å². The molecule has 0 aliphatic carbocycles. The molecule has 0 bridgehead atoms.